The van der Waals surface area contributed by atoms with Crippen LogP contribution in [0.15, 0.2) is 47.4 Å². The molecule has 1 amide bonds. The normalized spacial score (nSPS) is 14.7. The quantitative estimate of drug-likeness (QED) is 0.628. The van der Waals surface area contributed by atoms with E-state index in [0.717, 1.165) is 0 Å². The molecule has 0 bridgehead atoms. The number of methoxy groups -OCH3 is 1. The van der Waals surface area contributed by atoms with Gasteiger partial charge in [0.15, 0.2) is 12.9 Å². The number of carbonyl (C=O) groups is 2. The largest absolute Gasteiger partial charge is 0.497 e. The van der Waals surface area contributed by atoms with Crippen LogP contribution < -0.4 is 14.8 Å². The number of nitrogens with one attached hydrogen (secondary N) is 1. The number of hydrogen-bond donors (Lipinski definition) is 1. The first-order chi connectivity index (χ1) is 14.4. The minimum absolute atomic E-state index is 0.0847. The Morgan fingerprint density at radius 3 is 2.67 bits per heavy atom. The topological polar surface area (TPSA) is 111 Å². The van der Waals surface area contributed by atoms with E-state index >= 15 is 0 Å². The van der Waals surface area contributed by atoms with Gasteiger partial charge in [0.1, 0.15) is 11.5 Å². The fraction of sp³-hybridized carbons (Fsp3) is 0.300. The molecule has 2 aromatic rings. The lowest BCUT2D eigenvalue weighted by atomic mass is 10.2. The monoisotopic (exact) mass is 434 g/mol. The third-order valence-electron chi connectivity index (χ3n) is 4.43. The van der Waals surface area contributed by atoms with Crippen molar-refractivity contribution in [3.63, 3.8) is 0 Å². The SMILES string of the molecule is COc1ccc(OCC(=O)Nc2cccc(S(=O)(=O)N3CCOCC3)c2)c(C=O)c1. The second kappa shape index (κ2) is 9.70. The van der Waals surface area contributed by atoms with Crippen molar-refractivity contribution in [3.8, 4) is 11.5 Å². The number of hydrogen-bond acceptors (Lipinski definition) is 7. The van der Waals surface area contributed by atoms with E-state index in [1.165, 1.54) is 35.7 Å². The lowest BCUT2D eigenvalue weighted by Crippen LogP contribution is -2.40. The molecule has 9 nitrogen and oxygen atoms in total. The summed E-state index contributed by atoms with van der Waals surface area (Å²) in [5.41, 5.74) is 0.573. The Morgan fingerprint density at radius 2 is 1.97 bits per heavy atom. The average molecular weight is 434 g/mol. The van der Waals surface area contributed by atoms with Crippen LogP contribution in [0.4, 0.5) is 5.69 Å². The molecule has 10 heteroatoms. The second-order valence-corrected chi connectivity index (χ2v) is 8.34. The molecule has 0 saturated carbocycles. The molecule has 0 spiro atoms. The summed E-state index contributed by atoms with van der Waals surface area (Å²) in [5, 5.41) is 2.60. The van der Waals surface area contributed by atoms with Crippen molar-refractivity contribution in [3.05, 3.63) is 48.0 Å². The van der Waals surface area contributed by atoms with E-state index in [1.54, 1.807) is 18.2 Å². The zero-order valence-corrected chi connectivity index (χ0v) is 17.2. The number of nitrogens with zero attached hydrogens (tertiary/aromatic N) is 1. The van der Waals surface area contributed by atoms with E-state index in [1.807, 2.05) is 0 Å². The van der Waals surface area contributed by atoms with Gasteiger partial charge in [0.2, 0.25) is 10.0 Å². The van der Waals surface area contributed by atoms with Crippen molar-refractivity contribution >= 4 is 27.9 Å². The Kier molecular flexibility index (Phi) is 7.03. The van der Waals surface area contributed by atoms with Gasteiger partial charge in [-0.05, 0) is 36.4 Å². The van der Waals surface area contributed by atoms with Crippen LogP contribution in [0, 0.1) is 0 Å². The molecule has 1 N–H and O–H groups in total. The Balaban J connectivity index is 1.65. The maximum atomic E-state index is 12.7. The van der Waals surface area contributed by atoms with Gasteiger partial charge in [-0.1, -0.05) is 6.07 Å². The Bertz CT molecular complexity index is 1020. The summed E-state index contributed by atoms with van der Waals surface area (Å²) in [5.74, 6) is 0.236. The maximum Gasteiger partial charge on any atom is 0.262 e. The predicted octanol–water partition coefficient (Wildman–Crippen LogP) is 1.55. The lowest BCUT2D eigenvalue weighted by Gasteiger charge is -2.26. The Labute approximate surface area is 174 Å². The van der Waals surface area contributed by atoms with Crippen LogP contribution in [0.1, 0.15) is 10.4 Å². The smallest absolute Gasteiger partial charge is 0.262 e. The van der Waals surface area contributed by atoms with Crippen molar-refractivity contribution in [2.45, 2.75) is 4.90 Å². The number of benzene rings is 2. The summed E-state index contributed by atoms with van der Waals surface area (Å²) in [6.45, 7) is 0.914. The molecular formula is C20H22N2O7S. The number of carbonyl (C=O) groups excluding carboxylic acids is 2. The van der Waals surface area contributed by atoms with E-state index < -0.39 is 15.9 Å². The zero-order chi connectivity index (χ0) is 21.6. The van der Waals surface area contributed by atoms with Crippen LogP contribution in [-0.2, 0) is 19.6 Å². The van der Waals surface area contributed by atoms with Gasteiger partial charge in [-0.3, -0.25) is 9.59 Å². The zero-order valence-electron chi connectivity index (χ0n) is 16.4. The number of ether oxygens (including phenoxy) is 3. The summed E-state index contributed by atoms with van der Waals surface area (Å²) in [6.07, 6.45) is 0.607. The molecule has 0 radical (unpaired) electrons. The number of aldehydes is 1. The molecular weight excluding hydrogens is 412 g/mol. The molecule has 30 heavy (non-hydrogen) atoms. The van der Waals surface area contributed by atoms with Crippen LogP contribution in [0.25, 0.3) is 0 Å². The molecule has 0 atom stereocenters. The third kappa shape index (κ3) is 5.15. The second-order valence-electron chi connectivity index (χ2n) is 6.40. The van der Waals surface area contributed by atoms with Gasteiger partial charge >= 0.3 is 0 Å². The first-order valence-corrected chi connectivity index (χ1v) is 10.6. The van der Waals surface area contributed by atoms with E-state index in [0.29, 0.717) is 30.9 Å². The van der Waals surface area contributed by atoms with Crippen LogP contribution in [0.2, 0.25) is 0 Å². The van der Waals surface area contributed by atoms with Crippen molar-refractivity contribution in [1.82, 2.24) is 4.31 Å². The highest BCUT2D eigenvalue weighted by atomic mass is 32.2. The number of rotatable bonds is 8. The lowest BCUT2D eigenvalue weighted by molar-refractivity contribution is -0.118. The minimum Gasteiger partial charge on any atom is -0.497 e. The molecule has 1 aliphatic rings. The van der Waals surface area contributed by atoms with Gasteiger partial charge < -0.3 is 19.5 Å². The molecule has 0 aromatic heterocycles. The highest BCUT2D eigenvalue weighted by Gasteiger charge is 2.26. The fourth-order valence-electron chi connectivity index (χ4n) is 2.89. The van der Waals surface area contributed by atoms with E-state index in [2.05, 4.69) is 5.32 Å². The number of sulfonamides is 1. The molecule has 0 unspecified atom stereocenters. The summed E-state index contributed by atoms with van der Waals surface area (Å²) in [6, 6.07) is 10.7. The molecule has 1 saturated heterocycles. The average Bonchev–Trinajstić information content (AvgIpc) is 2.78. The van der Waals surface area contributed by atoms with Gasteiger partial charge in [0.25, 0.3) is 5.91 Å². The molecule has 1 aliphatic heterocycles. The van der Waals surface area contributed by atoms with E-state index in [4.69, 9.17) is 14.2 Å². The van der Waals surface area contributed by atoms with Crippen LogP contribution in [0.5, 0.6) is 11.5 Å². The first-order valence-electron chi connectivity index (χ1n) is 9.18. The number of morpholine rings is 1. The predicted molar refractivity (Wildman–Crippen MR) is 109 cm³/mol. The van der Waals surface area contributed by atoms with Gasteiger partial charge in [-0.25, -0.2) is 8.42 Å². The number of amides is 1. The van der Waals surface area contributed by atoms with Crippen molar-refractivity contribution < 1.29 is 32.2 Å². The molecule has 1 fully saturated rings. The Morgan fingerprint density at radius 1 is 1.20 bits per heavy atom. The van der Waals surface area contributed by atoms with Crippen LogP contribution in [0.3, 0.4) is 0 Å². The molecule has 2 aromatic carbocycles. The molecule has 160 valence electrons. The molecule has 0 aliphatic carbocycles. The summed E-state index contributed by atoms with van der Waals surface area (Å²) in [4.78, 5) is 23.5. The van der Waals surface area contributed by atoms with E-state index in [9.17, 15) is 18.0 Å². The van der Waals surface area contributed by atoms with Crippen molar-refractivity contribution in [2.75, 3.05) is 45.3 Å². The number of anilines is 1. The summed E-state index contributed by atoms with van der Waals surface area (Å²) >= 11 is 0. The standard InChI is InChI=1S/C20H22N2O7S/c1-27-17-5-6-19(15(11-17)13-23)29-14-20(24)21-16-3-2-4-18(12-16)30(25,26)22-7-9-28-10-8-22/h2-6,11-13H,7-10,14H2,1H3,(H,21,24). The van der Waals surface area contributed by atoms with Crippen LogP contribution >= 0.6 is 0 Å². The minimum atomic E-state index is -3.67. The highest BCUT2D eigenvalue weighted by Crippen LogP contribution is 2.23. The van der Waals surface area contributed by atoms with Gasteiger partial charge in [0.05, 0.1) is 30.8 Å². The molecule has 3 rings (SSSR count). The summed E-state index contributed by atoms with van der Waals surface area (Å²) < 4.78 is 42.5. The van der Waals surface area contributed by atoms with Crippen molar-refractivity contribution in [1.29, 1.82) is 0 Å². The van der Waals surface area contributed by atoms with Gasteiger partial charge in [-0.2, -0.15) is 4.31 Å². The maximum absolute atomic E-state index is 12.7. The van der Waals surface area contributed by atoms with E-state index in [-0.39, 0.29) is 35.9 Å². The third-order valence-corrected chi connectivity index (χ3v) is 6.32. The van der Waals surface area contributed by atoms with Crippen molar-refractivity contribution in [2.24, 2.45) is 0 Å². The highest BCUT2D eigenvalue weighted by molar-refractivity contribution is 7.89. The fourth-order valence-corrected chi connectivity index (χ4v) is 4.34. The molecule has 1 heterocycles. The Hall–Kier alpha value is -2.95. The first kappa shape index (κ1) is 21.8. The summed E-state index contributed by atoms with van der Waals surface area (Å²) in [7, 11) is -2.19. The van der Waals surface area contributed by atoms with Gasteiger partial charge in [-0.15, -0.1) is 0 Å². The van der Waals surface area contributed by atoms with Gasteiger partial charge in [0, 0.05) is 18.8 Å². The van der Waals surface area contributed by atoms with Crippen LogP contribution in [-0.4, -0.2) is 64.9 Å².